The van der Waals surface area contributed by atoms with Crippen LogP contribution in [0.3, 0.4) is 0 Å². The summed E-state index contributed by atoms with van der Waals surface area (Å²) in [6.45, 7) is 6.60. The number of Topliss-reactive ketones (excluding diaryl/α,β-unsaturated/α-hetero) is 1. The van der Waals surface area contributed by atoms with E-state index in [2.05, 4.69) is 20.8 Å². The molecular formula is C13H17ClO. The predicted octanol–water partition coefficient (Wildman–Crippen LogP) is 3.70. The van der Waals surface area contributed by atoms with Gasteiger partial charge in [-0.3, -0.25) is 4.79 Å². The number of carbonyl (C=O) groups excluding carboxylic acids is 1. The lowest BCUT2D eigenvalue weighted by Crippen LogP contribution is -2.09. The van der Waals surface area contributed by atoms with Gasteiger partial charge in [-0.05, 0) is 17.4 Å². The Morgan fingerprint density at radius 3 is 2.13 bits per heavy atom. The molecule has 0 unspecified atom stereocenters. The molecule has 1 aromatic carbocycles. The van der Waals surface area contributed by atoms with E-state index in [1.54, 1.807) is 0 Å². The number of hydrogen-bond acceptors (Lipinski definition) is 1. The van der Waals surface area contributed by atoms with E-state index in [4.69, 9.17) is 11.6 Å². The molecule has 0 spiro atoms. The van der Waals surface area contributed by atoms with Crippen LogP contribution >= 0.6 is 11.6 Å². The van der Waals surface area contributed by atoms with Gasteiger partial charge in [0.15, 0.2) is 5.78 Å². The lowest BCUT2D eigenvalue weighted by molar-refractivity contribution is 0.102. The highest BCUT2D eigenvalue weighted by atomic mass is 35.5. The van der Waals surface area contributed by atoms with Gasteiger partial charge in [-0.1, -0.05) is 45.0 Å². The molecule has 0 amide bonds. The highest BCUT2D eigenvalue weighted by molar-refractivity contribution is 6.30. The normalized spacial score (nSPS) is 11.5. The van der Waals surface area contributed by atoms with Crippen molar-refractivity contribution in [2.24, 2.45) is 5.41 Å². The highest BCUT2D eigenvalue weighted by Gasteiger charge is 2.11. The van der Waals surface area contributed by atoms with Gasteiger partial charge >= 0.3 is 0 Å². The minimum Gasteiger partial charge on any atom is -0.293 e. The lowest BCUT2D eigenvalue weighted by Gasteiger charge is -2.18. The van der Waals surface area contributed by atoms with E-state index in [0.717, 1.165) is 6.42 Å². The molecule has 0 saturated carbocycles. The Labute approximate surface area is 96.5 Å². The molecule has 15 heavy (non-hydrogen) atoms. The zero-order valence-electron chi connectivity index (χ0n) is 9.51. The van der Waals surface area contributed by atoms with Crippen LogP contribution in [0.2, 0.25) is 0 Å². The van der Waals surface area contributed by atoms with E-state index < -0.39 is 0 Å². The summed E-state index contributed by atoms with van der Waals surface area (Å²) in [7, 11) is 0. The number of hydrogen-bond donors (Lipinski definition) is 0. The molecule has 0 radical (unpaired) electrons. The van der Waals surface area contributed by atoms with Gasteiger partial charge in [-0.15, -0.1) is 11.6 Å². The van der Waals surface area contributed by atoms with E-state index in [0.29, 0.717) is 5.56 Å². The first kappa shape index (κ1) is 12.3. The largest absolute Gasteiger partial charge is 0.293 e. The number of carbonyl (C=O) groups is 1. The third-order valence-electron chi connectivity index (χ3n) is 2.13. The fourth-order valence-corrected chi connectivity index (χ4v) is 1.65. The number of ketones is 1. The third kappa shape index (κ3) is 4.05. The molecule has 1 nitrogen and oxygen atoms in total. The van der Waals surface area contributed by atoms with Crippen molar-refractivity contribution in [2.75, 3.05) is 5.88 Å². The average molecular weight is 225 g/mol. The molecule has 0 aliphatic carbocycles. The van der Waals surface area contributed by atoms with E-state index in [-0.39, 0.29) is 17.1 Å². The summed E-state index contributed by atoms with van der Waals surface area (Å²) >= 11 is 5.48. The number of benzene rings is 1. The summed E-state index contributed by atoms with van der Waals surface area (Å²) in [6, 6.07) is 7.72. The van der Waals surface area contributed by atoms with E-state index in [9.17, 15) is 4.79 Å². The van der Waals surface area contributed by atoms with E-state index in [1.165, 1.54) is 5.56 Å². The van der Waals surface area contributed by atoms with Crippen molar-refractivity contribution in [1.82, 2.24) is 0 Å². The molecule has 1 rings (SSSR count). The fraction of sp³-hybridized carbons (Fsp3) is 0.462. The minimum absolute atomic E-state index is 0.0148. The number of alkyl halides is 1. The van der Waals surface area contributed by atoms with Gasteiger partial charge in [0.05, 0.1) is 5.88 Å². The van der Waals surface area contributed by atoms with Crippen molar-refractivity contribution < 1.29 is 4.79 Å². The zero-order chi connectivity index (χ0) is 11.5. The average Bonchev–Trinajstić information content (AvgIpc) is 2.15. The van der Waals surface area contributed by atoms with Gasteiger partial charge in [0, 0.05) is 5.56 Å². The summed E-state index contributed by atoms with van der Waals surface area (Å²) in [6.07, 6.45) is 1.02. The maximum absolute atomic E-state index is 11.3. The van der Waals surface area contributed by atoms with Gasteiger partial charge in [0.1, 0.15) is 0 Å². The monoisotopic (exact) mass is 224 g/mol. The SMILES string of the molecule is CC(C)(C)Cc1ccc(C(=O)CCl)cc1. The molecule has 0 heterocycles. The van der Waals surface area contributed by atoms with Crippen molar-refractivity contribution in [3.63, 3.8) is 0 Å². The molecule has 0 aliphatic heterocycles. The van der Waals surface area contributed by atoms with Crippen molar-refractivity contribution in [2.45, 2.75) is 27.2 Å². The van der Waals surface area contributed by atoms with Crippen molar-refractivity contribution in [3.05, 3.63) is 35.4 Å². The maximum Gasteiger partial charge on any atom is 0.177 e. The molecule has 0 aromatic heterocycles. The van der Waals surface area contributed by atoms with Crippen LogP contribution in [-0.2, 0) is 6.42 Å². The standard InChI is InChI=1S/C13H17ClO/c1-13(2,3)8-10-4-6-11(7-5-10)12(15)9-14/h4-7H,8-9H2,1-3H3. The summed E-state index contributed by atoms with van der Waals surface area (Å²) in [5.74, 6) is 0.0393. The third-order valence-corrected chi connectivity index (χ3v) is 2.37. The summed E-state index contributed by atoms with van der Waals surface area (Å²) in [5.41, 5.74) is 2.23. The van der Waals surface area contributed by atoms with Crippen LogP contribution in [0.25, 0.3) is 0 Å². The Morgan fingerprint density at radius 1 is 1.20 bits per heavy atom. The van der Waals surface area contributed by atoms with Crippen LogP contribution in [0, 0.1) is 5.41 Å². The molecule has 0 N–H and O–H groups in total. The Morgan fingerprint density at radius 2 is 1.73 bits per heavy atom. The maximum atomic E-state index is 11.3. The van der Waals surface area contributed by atoms with Crippen LogP contribution in [0.4, 0.5) is 0 Å². The molecule has 82 valence electrons. The van der Waals surface area contributed by atoms with Crippen LogP contribution in [0.5, 0.6) is 0 Å². The molecular weight excluding hydrogens is 208 g/mol. The highest BCUT2D eigenvalue weighted by Crippen LogP contribution is 2.20. The van der Waals surface area contributed by atoms with Crippen LogP contribution < -0.4 is 0 Å². The van der Waals surface area contributed by atoms with Gasteiger partial charge in [0.25, 0.3) is 0 Å². The fourth-order valence-electron chi connectivity index (χ4n) is 1.50. The molecule has 0 saturated heterocycles. The van der Waals surface area contributed by atoms with Gasteiger partial charge in [-0.25, -0.2) is 0 Å². The summed E-state index contributed by atoms with van der Waals surface area (Å²) < 4.78 is 0. The molecule has 0 fully saturated rings. The van der Waals surface area contributed by atoms with E-state index in [1.807, 2.05) is 24.3 Å². The number of rotatable bonds is 3. The van der Waals surface area contributed by atoms with Gasteiger partial charge in [-0.2, -0.15) is 0 Å². The van der Waals surface area contributed by atoms with Gasteiger partial charge in [0.2, 0.25) is 0 Å². The van der Waals surface area contributed by atoms with Crippen LogP contribution in [-0.4, -0.2) is 11.7 Å². The topological polar surface area (TPSA) is 17.1 Å². The Kier molecular flexibility index (Phi) is 3.92. The van der Waals surface area contributed by atoms with Crippen LogP contribution in [0.1, 0.15) is 36.7 Å². The Balaban J connectivity index is 2.77. The van der Waals surface area contributed by atoms with Crippen molar-refractivity contribution in [1.29, 1.82) is 0 Å². The molecule has 2 heteroatoms. The smallest absolute Gasteiger partial charge is 0.177 e. The minimum atomic E-state index is -0.0148. The number of halogens is 1. The quantitative estimate of drug-likeness (QED) is 0.565. The molecule has 1 aromatic rings. The molecule has 0 bridgehead atoms. The van der Waals surface area contributed by atoms with Crippen LogP contribution in [0.15, 0.2) is 24.3 Å². The first-order valence-corrected chi connectivity index (χ1v) is 5.64. The second-order valence-corrected chi connectivity index (χ2v) is 5.26. The first-order valence-electron chi connectivity index (χ1n) is 5.10. The van der Waals surface area contributed by atoms with E-state index >= 15 is 0 Å². The summed E-state index contributed by atoms with van der Waals surface area (Å²) in [5, 5.41) is 0. The predicted molar refractivity (Wildman–Crippen MR) is 64.7 cm³/mol. The van der Waals surface area contributed by atoms with Crippen molar-refractivity contribution in [3.8, 4) is 0 Å². The second-order valence-electron chi connectivity index (χ2n) is 4.99. The Bertz CT molecular complexity index is 333. The Hall–Kier alpha value is -0.820. The molecule has 0 aliphatic rings. The van der Waals surface area contributed by atoms with Gasteiger partial charge < -0.3 is 0 Å². The van der Waals surface area contributed by atoms with Crippen molar-refractivity contribution >= 4 is 17.4 Å². The second kappa shape index (κ2) is 4.80. The summed E-state index contributed by atoms with van der Waals surface area (Å²) in [4.78, 5) is 11.3. The molecule has 0 atom stereocenters. The lowest BCUT2D eigenvalue weighted by atomic mass is 9.88. The first-order chi connectivity index (χ1) is 6.92. The zero-order valence-corrected chi connectivity index (χ0v) is 10.3.